The number of rotatable bonds is 10. The number of carboxylic acids is 1. The third kappa shape index (κ3) is 12.9. The number of carbonyl (C=O) groups is 1. The third-order valence-corrected chi connectivity index (χ3v) is 4.72. The van der Waals surface area contributed by atoms with E-state index in [0.29, 0.717) is 0 Å². The average Bonchev–Trinajstić information content (AvgIpc) is 3.07. The van der Waals surface area contributed by atoms with Gasteiger partial charge in [-0.3, -0.25) is 4.79 Å². The van der Waals surface area contributed by atoms with Gasteiger partial charge < -0.3 is 21.1 Å². The fraction of sp³-hybridized carbons (Fsp3) is 0.650. The van der Waals surface area contributed by atoms with Gasteiger partial charge in [0.1, 0.15) is 6.10 Å². The van der Waals surface area contributed by atoms with Crippen molar-refractivity contribution < 1.29 is 20.1 Å². The molecule has 0 radical (unpaired) electrons. The number of unbranched alkanes of at least 4 members (excludes halogenated alkanes) is 7. The Labute approximate surface area is 161 Å². The highest BCUT2D eigenvalue weighted by molar-refractivity contribution is 7.12. The molecule has 2 unspecified atom stereocenters. The number of aliphatic hydroxyl groups is 2. The number of aliphatic carboxylic acids is 1. The molecule has 0 aromatic carbocycles. The Bertz CT molecular complexity index is 543. The van der Waals surface area contributed by atoms with E-state index in [9.17, 15) is 5.11 Å². The molecule has 0 spiro atoms. The summed E-state index contributed by atoms with van der Waals surface area (Å²) in [6.45, 7) is 3.10. The normalized spacial score (nSPS) is 12.3. The standard InChI is InChI=1S/C18H29NO2S.C2H4O2/c1-2-3-4-5-6-7-8-9-10-11-15-12-13-17(22-15)18(21)16(19)14-20;1-2(3)4/h12-13,16,18,20-21H,2-9,14,19H2,1H3;1H3,(H,3,4). The smallest absolute Gasteiger partial charge is 0.300 e. The van der Waals surface area contributed by atoms with Crippen LogP contribution in [0.3, 0.4) is 0 Å². The van der Waals surface area contributed by atoms with Gasteiger partial charge in [-0.05, 0) is 18.6 Å². The fourth-order valence-corrected chi connectivity index (χ4v) is 3.15. The van der Waals surface area contributed by atoms with E-state index in [1.807, 2.05) is 12.1 Å². The monoisotopic (exact) mass is 383 g/mol. The van der Waals surface area contributed by atoms with E-state index in [-0.39, 0.29) is 6.61 Å². The van der Waals surface area contributed by atoms with Crippen LogP contribution in [0.2, 0.25) is 0 Å². The van der Waals surface area contributed by atoms with Gasteiger partial charge in [-0.15, -0.1) is 11.3 Å². The highest BCUT2D eigenvalue weighted by atomic mass is 32.1. The van der Waals surface area contributed by atoms with Crippen molar-refractivity contribution in [2.24, 2.45) is 5.73 Å². The van der Waals surface area contributed by atoms with Crippen LogP contribution < -0.4 is 5.73 Å². The molecule has 26 heavy (non-hydrogen) atoms. The summed E-state index contributed by atoms with van der Waals surface area (Å²) in [5.74, 6) is 5.51. The highest BCUT2D eigenvalue weighted by Gasteiger charge is 2.17. The maximum absolute atomic E-state index is 9.91. The first-order valence-electron chi connectivity index (χ1n) is 9.25. The molecule has 2 atom stereocenters. The van der Waals surface area contributed by atoms with E-state index in [2.05, 4.69) is 18.8 Å². The van der Waals surface area contributed by atoms with Crippen molar-refractivity contribution in [3.63, 3.8) is 0 Å². The number of aliphatic hydroxyl groups excluding tert-OH is 2. The Morgan fingerprint density at radius 2 is 1.77 bits per heavy atom. The Hall–Kier alpha value is -1.39. The second-order valence-corrected chi connectivity index (χ2v) is 7.30. The largest absolute Gasteiger partial charge is 0.481 e. The molecule has 1 aromatic rings. The van der Waals surface area contributed by atoms with Crippen LogP contribution in [-0.4, -0.2) is 33.9 Å². The van der Waals surface area contributed by atoms with E-state index < -0.39 is 18.1 Å². The fourth-order valence-electron chi connectivity index (χ4n) is 2.21. The van der Waals surface area contributed by atoms with Crippen molar-refractivity contribution in [1.29, 1.82) is 0 Å². The molecule has 0 saturated heterocycles. The van der Waals surface area contributed by atoms with Crippen LogP contribution in [0, 0.1) is 11.8 Å². The minimum Gasteiger partial charge on any atom is -0.481 e. The zero-order valence-corrected chi connectivity index (χ0v) is 16.7. The first kappa shape index (κ1) is 24.6. The molecule has 1 rings (SSSR count). The van der Waals surface area contributed by atoms with Crippen LogP contribution in [-0.2, 0) is 4.79 Å². The van der Waals surface area contributed by atoms with Crippen molar-refractivity contribution in [1.82, 2.24) is 0 Å². The van der Waals surface area contributed by atoms with Gasteiger partial charge in [0.2, 0.25) is 0 Å². The Morgan fingerprint density at radius 3 is 2.35 bits per heavy atom. The summed E-state index contributed by atoms with van der Waals surface area (Å²) in [4.78, 5) is 10.7. The van der Waals surface area contributed by atoms with Crippen molar-refractivity contribution in [3.05, 3.63) is 21.9 Å². The third-order valence-electron chi connectivity index (χ3n) is 3.65. The predicted octanol–water partition coefficient (Wildman–Crippen LogP) is 3.68. The lowest BCUT2D eigenvalue weighted by Gasteiger charge is -2.14. The molecule has 0 aliphatic heterocycles. The summed E-state index contributed by atoms with van der Waals surface area (Å²) < 4.78 is 0. The molecular weight excluding hydrogens is 350 g/mol. The van der Waals surface area contributed by atoms with Gasteiger partial charge in [0.25, 0.3) is 5.97 Å². The van der Waals surface area contributed by atoms with E-state index in [1.54, 1.807) is 0 Å². The van der Waals surface area contributed by atoms with Crippen LogP contribution in [0.4, 0.5) is 0 Å². The minimum atomic E-state index is -0.833. The minimum absolute atomic E-state index is 0.224. The molecule has 6 heteroatoms. The van der Waals surface area contributed by atoms with Crippen LogP contribution in [0.1, 0.15) is 81.1 Å². The Kier molecular flexibility index (Phi) is 15.0. The number of nitrogens with two attached hydrogens (primary N) is 1. The van der Waals surface area contributed by atoms with Gasteiger partial charge in [-0.25, -0.2) is 0 Å². The van der Waals surface area contributed by atoms with Gasteiger partial charge in [0, 0.05) is 18.2 Å². The first-order chi connectivity index (χ1) is 12.4. The molecule has 0 bridgehead atoms. The molecule has 5 nitrogen and oxygen atoms in total. The van der Waals surface area contributed by atoms with Gasteiger partial charge in [-0.1, -0.05) is 57.3 Å². The lowest BCUT2D eigenvalue weighted by molar-refractivity contribution is -0.134. The molecule has 0 fully saturated rings. The van der Waals surface area contributed by atoms with Gasteiger partial charge in [0.15, 0.2) is 0 Å². The maximum atomic E-state index is 9.91. The SMILES string of the molecule is CC(=O)O.CCCCCCCCCC#Cc1ccc(C(O)C(N)CO)s1. The topological polar surface area (TPSA) is 104 Å². The van der Waals surface area contributed by atoms with Gasteiger partial charge >= 0.3 is 0 Å². The number of thiophene rings is 1. The first-order valence-corrected chi connectivity index (χ1v) is 10.1. The van der Waals surface area contributed by atoms with E-state index in [1.165, 1.54) is 49.9 Å². The predicted molar refractivity (Wildman–Crippen MR) is 107 cm³/mol. The maximum Gasteiger partial charge on any atom is 0.300 e. The van der Waals surface area contributed by atoms with E-state index in [0.717, 1.165) is 29.5 Å². The molecular formula is C20H33NO4S. The van der Waals surface area contributed by atoms with Crippen LogP contribution in [0.15, 0.2) is 12.1 Å². The Balaban J connectivity index is 0.00000141. The molecule has 0 aliphatic rings. The average molecular weight is 384 g/mol. The van der Waals surface area contributed by atoms with Gasteiger partial charge in [0.05, 0.1) is 17.5 Å². The lowest BCUT2D eigenvalue weighted by Crippen LogP contribution is -2.31. The molecule has 1 heterocycles. The Morgan fingerprint density at radius 1 is 1.19 bits per heavy atom. The molecule has 0 saturated carbocycles. The summed E-state index contributed by atoms with van der Waals surface area (Å²) in [7, 11) is 0. The van der Waals surface area contributed by atoms with Crippen LogP contribution in [0.5, 0.6) is 0 Å². The quantitative estimate of drug-likeness (QED) is 0.364. The van der Waals surface area contributed by atoms with Crippen molar-refractivity contribution in [2.45, 2.75) is 77.4 Å². The molecule has 148 valence electrons. The second-order valence-electron chi connectivity index (χ2n) is 6.19. The van der Waals surface area contributed by atoms with Crippen molar-refractivity contribution in [3.8, 4) is 11.8 Å². The van der Waals surface area contributed by atoms with Crippen molar-refractivity contribution >= 4 is 17.3 Å². The zero-order chi connectivity index (χ0) is 19.8. The highest BCUT2D eigenvalue weighted by Crippen LogP contribution is 2.24. The molecule has 1 aromatic heterocycles. The van der Waals surface area contributed by atoms with E-state index in [4.69, 9.17) is 20.7 Å². The summed E-state index contributed by atoms with van der Waals surface area (Å²) in [5.41, 5.74) is 5.63. The van der Waals surface area contributed by atoms with E-state index >= 15 is 0 Å². The summed E-state index contributed by atoms with van der Waals surface area (Å²) in [5, 5.41) is 26.3. The second kappa shape index (κ2) is 15.8. The van der Waals surface area contributed by atoms with Gasteiger partial charge in [-0.2, -0.15) is 0 Å². The molecule has 0 aliphatic carbocycles. The van der Waals surface area contributed by atoms with Crippen LogP contribution in [0.25, 0.3) is 0 Å². The number of hydrogen-bond donors (Lipinski definition) is 4. The number of hydrogen-bond acceptors (Lipinski definition) is 5. The van der Waals surface area contributed by atoms with Crippen LogP contribution >= 0.6 is 11.3 Å². The summed E-state index contributed by atoms with van der Waals surface area (Å²) in [6.07, 6.45) is 9.22. The van der Waals surface area contributed by atoms with Crippen molar-refractivity contribution in [2.75, 3.05) is 6.61 Å². The summed E-state index contributed by atoms with van der Waals surface area (Å²) >= 11 is 1.45. The summed E-state index contributed by atoms with van der Waals surface area (Å²) in [6, 6.07) is 3.11. The number of carboxylic acid groups (broad SMARTS) is 1. The molecule has 5 N–H and O–H groups in total. The molecule has 0 amide bonds. The zero-order valence-electron chi connectivity index (χ0n) is 15.9. The lowest BCUT2D eigenvalue weighted by atomic mass is 10.1.